The van der Waals surface area contributed by atoms with Crippen LogP contribution in [0.2, 0.25) is 10.6 Å². The summed E-state index contributed by atoms with van der Waals surface area (Å²) in [7, 11) is 0. The molecule has 0 fully saturated rings. The maximum atomic E-state index is 5.78. The summed E-state index contributed by atoms with van der Waals surface area (Å²) in [5.74, 6) is 0. The molecule has 2 aromatic rings. The zero-order valence-electron chi connectivity index (χ0n) is 14.2. The van der Waals surface area contributed by atoms with E-state index in [1.54, 1.807) is 0 Å². The van der Waals surface area contributed by atoms with Crippen molar-refractivity contribution in [1.29, 1.82) is 0 Å². The van der Waals surface area contributed by atoms with Crippen LogP contribution in [-0.2, 0) is 22.7 Å². The van der Waals surface area contributed by atoms with Crippen molar-refractivity contribution >= 4 is 46.8 Å². The first-order valence-corrected chi connectivity index (χ1v) is 12.6. The van der Waals surface area contributed by atoms with Gasteiger partial charge >= 0.3 is 175 Å². The first-order valence-electron chi connectivity index (χ1n) is 8.33. The van der Waals surface area contributed by atoms with Crippen molar-refractivity contribution in [2.45, 2.75) is 33.5 Å². The van der Waals surface area contributed by atoms with Crippen molar-refractivity contribution < 1.29 is 9.47 Å². The van der Waals surface area contributed by atoms with E-state index in [0.717, 1.165) is 13.2 Å². The van der Waals surface area contributed by atoms with Crippen LogP contribution in [0.25, 0.3) is 0 Å². The third-order valence-corrected chi connectivity index (χ3v) is 9.20. The summed E-state index contributed by atoms with van der Waals surface area (Å²) in [4.78, 5) is 0.863. The van der Waals surface area contributed by atoms with Crippen molar-refractivity contribution in [3.8, 4) is 0 Å². The molecule has 2 atom stereocenters. The predicted molar refractivity (Wildman–Crippen MR) is 113 cm³/mol. The van der Waals surface area contributed by atoms with Crippen molar-refractivity contribution in [1.82, 2.24) is 0 Å². The zero-order chi connectivity index (χ0) is 17.7. The molecule has 0 N–H and O–H groups in total. The first-order chi connectivity index (χ1) is 12.2. The van der Waals surface area contributed by atoms with Gasteiger partial charge in [-0.05, 0) is 0 Å². The van der Waals surface area contributed by atoms with Crippen LogP contribution in [0.15, 0.2) is 60.7 Å². The van der Waals surface area contributed by atoms with Gasteiger partial charge in [-0.15, -0.1) is 0 Å². The molecule has 0 radical (unpaired) electrons. The number of alkyl halides is 2. The van der Waals surface area contributed by atoms with Gasteiger partial charge < -0.3 is 0 Å². The van der Waals surface area contributed by atoms with Gasteiger partial charge in [0.1, 0.15) is 0 Å². The molecule has 0 aromatic heterocycles. The molecule has 25 heavy (non-hydrogen) atoms. The van der Waals surface area contributed by atoms with Crippen LogP contribution >= 0.6 is 31.9 Å². The van der Waals surface area contributed by atoms with Crippen LogP contribution < -0.4 is 0 Å². The van der Waals surface area contributed by atoms with Crippen LogP contribution in [0.3, 0.4) is 0 Å². The van der Waals surface area contributed by atoms with Crippen LogP contribution in [0.5, 0.6) is 0 Å². The molecule has 0 spiro atoms. The molecule has 136 valence electrons. The third kappa shape index (κ3) is 9.93. The fourth-order valence-corrected chi connectivity index (χ4v) is 6.26. The minimum atomic E-state index is 0.432. The molecule has 0 aliphatic carbocycles. The van der Waals surface area contributed by atoms with Gasteiger partial charge in [-0.3, -0.25) is 0 Å². The predicted octanol–water partition coefficient (Wildman–Crippen LogP) is 5.49. The second-order valence-corrected chi connectivity index (χ2v) is 10.6. The standard InChI is InChI=1S/C20H24Br2O2Se/c21-19(13-23-11-17-7-3-1-4-8-17)15-25-16-20(22)14-24-12-18-9-5-2-6-10-18/h1-10,19-20H,11-16H2. The molecule has 2 unspecified atom stereocenters. The van der Waals surface area contributed by atoms with Gasteiger partial charge in [-0.1, -0.05) is 0 Å². The topological polar surface area (TPSA) is 18.5 Å². The Morgan fingerprint density at radius 2 is 1.08 bits per heavy atom. The van der Waals surface area contributed by atoms with Gasteiger partial charge in [0.25, 0.3) is 0 Å². The van der Waals surface area contributed by atoms with E-state index in [1.807, 2.05) is 36.4 Å². The third-order valence-electron chi connectivity index (χ3n) is 3.42. The van der Waals surface area contributed by atoms with Crippen LogP contribution in [0, 0.1) is 0 Å². The summed E-state index contributed by atoms with van der Waals surface area (Å²) in [5, 5.41) is 2.34. The molecule has 0 heterocycles. The van der Waals surface area contributed by atoms with Crippen molar-refractivity contribution in [2.24, 2.45) is 0 Å². The molecule has 0 saturated carbocycles. The van der Waals surface area contributed by atoms with Gasteiger partial charge in [0.2, 0.25) is 0 Å². The molecule has 0 saturated heterocycles. The van der Waals surface area contributed by atoms with E-state index in [4.69, 9.17) is 9.47 Å². The first kappa shape index (κ1) is 21.1. The molecule has 0 bridgehead atoms. The number of benzene rings is 2. The summed E-state index contributed by atoms with van der Waals surface area (Å²) in [6.07, 6.45) is 0. The van der Waals surface area contributed by atoms with E-state index in [-0.39, 0.29) is 0 Å². The Balaban J connectivity index is 1.48. The number of hydrogen-bond acceptors (Lipinski definition) is 2. The molecule has 2 nitrogen and oxygen atoms in total. The maximum absolute atomic E-state index is 5.78. The normalized spacial score (nSPS) is 13.5. The average Bonchev–Trinajstić information content (AvgIpc) is 2.63. The van der Waals surface area contributed by atoms with Gasteiger partial charge in [-0.2, -0.15) is 0 Å². The molecule has 5 heteroatoms. The van der Waals surface area contributed by atoms with Crippen LogP contribution in [-0.4, -0.2) is 37.8 Å². The quantitative estimate of drug-likeness (QED) is 0.265. The molecule has 0 amide bonds. The Hall–Kier alpha value is -0.161. The monoisotopic (exact) mass is 534 g/mol. The summed E-state index contributed by atoms with van der Waals surface area (Å²) < 4.78 is 11.6. The van der Waals surface area contributed by atoms with E-state index in [2.05, 4.69) is 56.1 Å². The Labute approximate surface area is 174 Å². The van der Waals surface area contributed by atoms with Crippen LogP contribution in [0.4, 0.5) is 0 Å². The molecular formula is C20H24Br2O2Se. The number of halogens is 2. The molecule has 0 aliphatic rings. The fraction of sp³-hybridized carbons (Fsp3) is 0.400. The summed E-state index contributed by atoms with van der Waals surface area (Å²) in [6.45, 7) is 2.89. The van der Waals surface area contributed by atoms with E-state index >= 15 is 0 Å². The van der Waals surface area contributed by atoms with Gasteiger partial charge in [0.05, 0.1) is 0 Å². The molecular weight excluding hydrogens is 511 g/mol. The minimum absolute atomic E-state index is 0.432. The number of ether oxygens (including phenoxy) is 2. The molecule has 0 aliphatic heterocycles. The van der Waals surface area contributed by atoms with Gasteiger partial charge in [0.15, 0.2) is 0 Å². The zero-order valence-corrected chi connectivity index (χ0v) is 19.0. The summed E-state index contributed by atoms with van der Waals surface area (Å²) in [5.41, 5.74) is 2.45. The summed E-state index contributed by atoms with van der Waals surface area (Å²) >= 11 is 8.04. The van der Waals surface area contributed by atoms with Crippen LogP contribution in [0.1, 0.15) is 11.1 Å². The van der Waals surface area contributed by atoms with Crippen molar-refractivity contribution in [3.63, 3.8) is 0 Å². The number of hydrogen-bond donors (Lipinski definition) is 0. The Morgan fingerprint density at radius 1 is 0.680 bits per heavy atom. The molecule has 2 rings (SSSR count). The number of rotatable bonds is 12. The van der Waals surface area contributed by atoms with Crippen molar-refractivity contribution in [2.75, 3.05) is 13.2 Å². The fourth-order valence-electron chi connectivity index (χ4n) is 2.18. The average molecular weight is 535 g/mol. The Bertz CT molecular complexity index is 517. The second-order valence-electron chi connectivity index (χ2n) is 5.73. The second kappa shape index (κ2) is 13.1. The van der Waals surface area contributed by atoms with E-state index in [0.29, 0.717) is 37.8 Å². The van der Waals surface area contributed by atoms with E-state index in [1.165, 1.54) is 21.8 Å². The van der Waals surface area contributed by atoms with Gasteiger partial charge in [-0.25, -0.2) is 0 Å². The van der Waals surface area contributed by atoms with Gasteiger partial charge in [0, 0.05) is 0 Å². The molecule has 2 aromatic carbocycles. The summed E-state index contributed by atoms with van der Waals surface area (Å²) in [6, 6.07) is 20.6. The van der Waals surface area contributed by atoms with E-state index in [9.17, 15) is 0 Å². The van der Waals surface area contributed by atoms with E-state index < -0.39 is 0 Å². The van der Waals surface area contributed by atoms with Crippen molar-refractivity contribution in [3.05, 3.63) is 71.8 Å². The SMILES string of the molecule is BrC(COCc1ccccc1)C[Se]CC(Br)COCc1ccccc1. The Kier molecular flexibility index (Phi) is 11.1. The Morgan fingerprint density at radius 3 is 1.48 bits per heavy atom.